The van der Waals surface area contributed by atoms with E-state index < -0.39 is 12.2 Å². The normalized spacial score (nSPS) is 15.0. The monoisotopic (exact) mass is 228 g/mol. The summed E-state index contributed by atoms with van der Waals surface area (Å²) < 4.78 is 0. The largest absolute Gasteiger partial charge is 0.507 e. The van der Waals surface area contributed by atoms with Crippen molar-refractivity contribution in [2.75, 3.05) is 5.75 Å². The van der Waals surface area contributed by atoms with Crippen LogP contribution in [0.25, 0.3) is 0 Å². The number of rotatable bonds is 3. The fourth-order valence-corrected chi connectivity index (χ4v) is 1.68. The van der Waals surface area contributed by atoms with Gasteiger partial charge in [-0.15, -0.1) is 0 Å². The van der Waals surface area contributed by atoms with Crippen LogP contribution >= 0.6 is 12.6 Å². The van der Waals surface area contributed by atoms with Gasteiger partial charge in [0.1, 0.15) is 11.9 Å². The van der Waals surface area contributed by atoms with Gasteiger partial charge in [0.2, 0.25) is 0 Å². The number of hydrogen-bond acceptors (Lipinski definition) is 4. The first kappa shape index (κ1) is 12.4. The molecule has 0 fully saturated rings. The van der Waals surface area contributed by atoms with Crippen molar-refractivity contribution < 1.29 is 15.3 Å². The molecule has 0 radical (unpaired) electrons. The molecule has 2 atom stereocenters. The molecule has 0 spiro atoms. The minimum atomic E-state index is -0.958. The highest BCUT2D eigenvalue weighted by Gasteiger charge is 2.18. The number of aryl methyl sites for hydroxylation is 2. The molecule has 2 unspecified atom stereocenters. The van der Waals surface area contributed by atoms with E-state index in [9.17, 15) is 15.3 Å². The number of aliphatic hydroxyl groups is 2. The van der Waals surface area contributed by atoms with Crippen LogP contribution in [-0.2, 0) is 0 Å². The Bertz CT molecular complexity index is 329. The van der Waals surface area contributed by atoms with Gasteiger partial charge in [-0.25, -0.2) is 0 Å². The zero-order valence-corrected chi connectivity index (χ0v) is 9.70. The van der Waals surface area contributed by atoms with Crippen molar-refractivity contribution >= 4 is 12.6 Å². The summed E-state index contributed by atoms with van der Waals surface area (Å²) in [5, 5.41) is 28.7. The molecule has 1 aromatic carbocycles. The van der Waals surface area contributed by atoms with Gasteiger partial charge in [-0.1, -0.05) is 0 Å². The lowest BCUT2D eigenvalue weighted by Gasteiger charge is -2.17. The van der Waals surface area contributed by atoms with Gasteiger partial charge in [0.05, 0.1) is 6.10 Å². The Morgan fingerprint density at radius 1 is 1.20 bits per heavy atom. The van der Waals surface area contributed by atoms with Crippen molar-refractivity contribution in [2.24, 2.45) is 0 Å². The molecule has 1 aromatic rings. The number of benzene rings is 1. The second kappa shape index (κ2) is 4.88. The predicted molar refractivity (Wildman–Crippen MR) is 62.4 cm³/mol. The molecule has 0 saturated heterocycles. The average Bonchev–Trinajstić information content (AvgIpc) is 2.23. The van der Waals surface area contributed by atoms with Crippen LogP contribution < -0.4 is 0 Å². The Morgan fingerprint density at radius 2 is 1.67 bits per heavy atom. The van der Waals surface area contributed by atoms with Crippen LogP contribution in [0.4, 0.5) is 0 Å². The molecule has 0 saturated carbocycles. The standard InChI is InChI=1S/C11H16O3S/c1-6-3-8(4-7(2)10(6)13)11(14)9(12)5-15/h3-4,9,11-15H,5H2,1-2H3. The maximum absolute atomic E-state index is 9.75. The summed E-state index contributed by atoms with van der Waals surface area (Å²) in [6, 6.07) is 3.33. The number of phenolic OH excluding ortho intramolecular Hbond substituents is 1. The lowest BCUT2D eigenvalue weighted by Crippen LogP contribution is -2.19. The molecular formula is C11H16O3S. The van der Waals surface area contributed by atoms with Crippen LogP contribution in [0.5, 0.6) is 5.75 Å². The van der Waals surface area contributed by atoms with E-state index in [1.165, 1.54) is 0 Å². The molecule has 84 valence electrons. The third kappa shape index (κ3) is 2.65. The molecule has 15 heavy (non-hydrogen) atoms. The minimum absolute atomic E-state index is 0.195. The first-order chi connectivity index (χ1) is 6.97. The van der Waals surface area contributed by atoms with Gasteiger partial charge in [-0.05, 0) is 42.7 Å². The van der Waals surface area contributed by atoms with E-state index in [-0.39, 0.29) is 11.5 Å². The quantitative estimate of drug-likeness (QED) is 0.590. The van der Waals surface area contributed by atoms with Crippen molar-refractivity contribution in [1.82, 2.24) is 0 Å². The molecule has 1 rings (SSSR count). The van der Waals surface area contributed by atoms with Gasteiger partial charge in [-0.2, -0.15) is 12.6 Å². The van der Waals surface area contributed by atoms with Crippen molar-refractivity contribution in [3.8, 4) is 5.75 Å². The Balaban J connectivity index is 3.06. The second-order valence-corrected chi connectivity index (χ2v) is 4.06. The molecule has 0 aliphatic heterocycles. The number of hydrogen-bond donors (Lipinski definition) is 4. The van der Waals surface area contributed by atoms with E-state index in [0.717, 1.165) is 0 Å². The SMILES string of the molecule is Cc1cc(C(O)C(O)CS)cc(C)c1O. The summed E-state index contributed by atoms with van der Waals surface area (Å²) in [6.07, 6.45) is -1.85. The van der Waals surface area contributed by atoms with E-state index in [0.29, 0.717) is 16.7 Å². The third-order valence-corrected chi connectivity index (χ3v) is 2.78. The van der Waals surface area contributed by atoms with Crippen LogP contribution in [0.15, 0.2) is 12.1 Å². The molecular weight excluding hydrogens is 212 g/mol. The Kier molecular flexibility index (Phi) is 4.02. The molecule has 0 aromatic heterocycles. The van der Waals surface area contributed by atoms with Crippen LogP contribution in [0.2, 0.25) is 0 Å². The van der Waals surface area contributed by atoms with E-state index in [1.807, 2.05) is 0 Å². The molecule has 3 N–H and O–H groups in total. The molecule has 3 nitrogen and oxygen atoms in total. The highest BCUT2D eigenvalue weighted by atomic mass is 32.1. The molecule has 0 aliphatic carbocycles. The summed E-state index contributed by atoms with van der Waals surface area (Å²) in [5.41, 5.74) is 1.98. The minimum Gasteiger partial charge on any atom is -0.507 e. The molecule has 0 amide bonds. The second-order valence-electron chi connectivity index (χ2n) is 3.70. The fraction of sp³-hybridized carbons (Fsp3) is 0.455. The summed E-state index contributed by atoms with van der Waals surface area (Å²) in [7, 11) is 0. The molecule has 4 heteroatoms. The summed E-state index contributed by atoms with van der Waals surface area (Å²) >= 11 is 3.92. The number of aromatic hydroxyl groups is 1. The lowest BCUT2D eigenvalue weighted by atomic mass is 9.99. The summed E-state index contributed by atoms with van der Waals surface area (Å²) in [4.78, 5) is 0. The third-order valence-electron chi connectivity index (χ3n) is 2.41. The zero-order chi connectivity index (χ0) is 11.6. The van der Waals surface area contributed by atoms with Gasteiger partial charge in [0, 0.05) is 5.75 Å². The topological polar surface area (TPSA) is 60.7 Å². The first-order valence-electron chi connectivity index (χ1n) is 4.74. The van der Waals surface area contributed by atoms with Crippen molar-refractivity contribution in [3.63, 3.8) is 0 Å². The molecule has 0 bridgehead atoms. The van der Waals surface area contributed by atoms with Crippen LogP contribution in [-0.4, -0.2) is 27.2 Å². The van der Waals surface area contributed by atoms with Crippen molar-refractivity contribution in [3.05, 3.63) is 28.8 Å². The molecule has 0 heterocycles. The maximum atomic E-state index is 9.75. The fourth-order valence-electron chi connectivity index (χ4n) is 1.48. The van der Waals surface area contributed by atoms with Crippen LogP contribution in [0, 0.1) is 13.8 Å². The zero-order valence-electron chi connectivity index (χ0n) is 8.81. The summed E-state index contributed by atoms with van der Waals surface area (Å²) in [6.45, 7) is 3.51. The van der Waals surface area contributed by atoms with E-state index in [2.05, 4.69) is 12.6 Å². The Hall–Kier alpha value is -0.710. The Morgan fingerprint density at radius 3 is 2.07 bits per heavy atom. The van der Waals surface area contributed by atoms with Gasteiger partial charge < -0.3 is 15.3 Å². The summed E-state index contributed by atoms with van der Waals surface area (Å²) in [5.74, 6) is 0.423. The highest BCUT2D eigenvalue weighted by molar-refractivity contribution is 7.80. The van der Waals surface area contributed by atoms with Gasteiger partial charge >= 0.3 is 0 Å². The van der Waals surface area contributed by atoms with E-state index in [1.54, 1.807) is 26.0 Å². The number of aliphatic hydroxyl groups excluding tert-OH is 2. The highest BCUT2D eigenvalue weighted by Crippen LogP contribution is 2.27. The van der Waals surface area contributed by atoms with Gasteiger partial charge in [-0.3, -0.25) is 0 Å². The lowest BCUT2D eigenvalue weighted by molar-refractivity contribution is 0.0337. The van der Waals surface area contributed by atoms with Crippen LogP contribution in [0.3, 0.4) is 0 Å². The van der Waals surface area contributed by atoms with Gasteiger partial charge in [0.25, 0.3) is 0 Å². The van der Waals surface area contributed by atoms with Crippen molar-refractivity contribution in [2.45, 2.75) is 26.1 Å². The molecule has 0 aliphatic rings. The van der Waals surface area contributed by atoms with Gasteiger partial charge in [0.15, 0.2) is 0 Å². The number of phenols is 1. The Labute approximate surface area is 94.8 Å². The van der Waals surface area contributed by atoms with E-state index >= 15 is 0 Å². The first-order valence-corrected chi connectivity index (χ1v) is 5.37. The maximum Gasteiger partial charge on any atom is 0.121 e. The predicted octanol–water partition coefficient (Wildman–Crippen LogP) is 1.33. The van der Waals surface area contributed by atoms with E-state index in [4.69, 9.17) is 0 Å². The smallest absolute Gasteiger partial charge is 0.121 e. The average molecular weight is 228 g/mol. The van der Waals surface area contributed by atoms with Crippen LogP contribution in [0.1, 0.15) is 22.8 Å². The number of thiol groups is 1. The van der Waals surface area contributed by atoms with Crippen molar-refractivity contribution in [1.29, 1.82) is 0 Å².